The smallest absolute Gasteiger partial charge is 0.258 e. The second-order valence-corrected chi connectivity index (χ2v) is 5.85. The fourth-order valence-electron chi connectivity index (χ4n) is 2.19. The zero-order valence-electron chi connectivity index (χ0n) is 12.1. The summed E-state index contributed by atoms with van der Waals surface area (Å²) in [5.74, 6) is 0. The third-order valence-electron chi connectivity index (χ3n) is 3.32. The minimum atomic E-state index is -0.564. The predicted molar refractivity (Wildman–Crippen MR) is 88.4 cm³/mol. The molecule has 0 saturated carbocycles. The van der Waals surface area contributed by atoms with Gasteiger partial charge in [0, 0.05) is 11.5 Å². The standard InChI is InChI=1S/C17H8N4O2S/c18-9-12-7-15(21(22)23)16(8-13(12)10-19)24-17-6-5-11-3-1-2-4-14(11)20-17/h1-8H. The molecule has 3 aromatic rings. The minimum absolute atomic E-state index is 0.0139. The lowest BCUT2D eigenvalue weighted by molar-refractivity contribution is -0.387. The highest BCUT2D eigenvalue weighted by Crippen LogP contribution is 2.36. The molecule has 0 saturated heterocycles. The van der Waals surface area contributed by atoms with Crippen molar-refractivity contribution >= 4 is 28.4 Å². The van der Waals surface area contributed by atoms with Crippen LogP contribution in [0.5, 0.6) is 0 Å². The van der Waals surface area contributed by atoms with Crippen molar-refractivity contribution in [3.63, 3.8) is 0 Å². The fraction of sp³-hybridized carbons (Fsp3) is 0. The molecular weight excluding hydrogens is 324 g/mol. The number of nitro benzene ring substituents is 1. The maximum Gasteiger partial charge on any atom is 0.284 e. The summed E-state index contributed by atoms with van der Waals surface area (Å²) in [6.07, 6.45) is 0. The predicted octanol–water partition coefficient (Wildman–Crippen LogP) is 4.04. The van der Waals surface area contributed by atoms with E-state index in [1.807, 2.05) is 36.4 Å². The highest BCUT2D eigenvalue weighted by molar-refractivity contribution is 7.99. The highest BCUT2D eigenvalue weighted by Gasteiger charge is 2.19. The van der Waals surface area contributed by atoms with Crippen LogP contribution in [0.4, 0.5) is 5.69 Å². The summed E-state index contributed by atoms with van der Waals surface area (Å²) < 4.78 is 0. The van der Waals surface area contributed by atoms with Gasteiger partial charge in [0.2, 0.25) is 0 Å². The molecule has 0 aliphatic rings. The Balaban J connectivity index is 2.09. The largest absolute Gasteiger partial charge is 0.284 e. The van der Waals surface area contributed by atoms with E-state index in [4.69, 9.17) is 10.5 Å². The Morgan fingerprint density at radius 3 is 2.46 bits per heavy atom. The maximum absolute atomic E-state index is 11.3. The average Bonchev–Trinajstić information content (AvgIpc) is 2.61. The maximum atomic E-state index is 11.3. The van der Waals surface area contributed by atoms with Crippen LogP contribution in [-0.4, -0.2) is 9.91 Å². The number of pyridine rings is 1. The Hall–Kier alpha value is -3.42. The molecule has 0 spiro atoms. The van der Waals surface area contributed by atoms with E-state index in [2.05, 4.69) is 4.98 Å². The van der Waals surface area contributed by atoms with Gasteiger partial charge in [0.05, 0.1) is 26.5 Å². The van der Waals surface area contributed by atoms with Crippen molar-refractivity contribution in [2.75, 3.05) is 0 Å². The number of para-hydroxylation sites is 1. The van der Waals surface area contributed by atoms with Crippen LogP contribution in [0.1, 0.15) is 11.1 Å². The number of nitriles is 2. The van der Waals surface area contributed by atoms with Crippen LogP contribution in [0.25, 0.3) is 10.9 Å². The molecule has 0 atom stereocenters. The molecule has 0 bridgehead atoms. The molecule has 0 fully saturated rings. The Labute approximate surface area is 141 Å². The first kappa shape index (κ1) is 15.5. The normalized spacial score (nSPS) is 10.1. The molecule has 0 aliphatic heterocycles. The molecule has 7 heteroatoms. The summed E-state index contributed by atoms with van der Waals surface area (Å²) in [6, 6.07) is 17.4. The van der Waals surface area contributed by atoms with Crippen LogP contribution < -0.4 is 0 Å². The van der Waals surface area contributed by atoms with E-state index in [-0.39, 0.29) is 21.7 Å². The summed E-state index contributed by atoms with van der Waals surface area (Å²) in [7, 11) is 0. The molecule has 0 amide bonds. The van der Waals surface area contributed by atoms with E-state index >= 15 is 0 Å². The topological polar surface area (TPSA) is 104 Å². The monoisotopic (exact) mass is 332 g/mol. The van der Waals surface area contributed by atoms with Crippen LogP contribution >= 0.6 is 11.8 Å². The van der Waals surface area contributed by atoms with Crippen LogP contribution in [0.2, 0.25) is 0 Å². The van der Waals surface area contributed by atoms with Crippen molar-refractivity contribution in [2.45, 2.75) is 9.92 Å². The van der Waals surface area contributed by atoms with Gasteiger partial charge in [-0.2, -0.15) is 10.5 Å². The zero-order chi connectivity index (χ0) is 17.1. The van der Waals surface area contributed by atoms with Gasteiger partial charge in [-0.25, -0.2) is 4.98 Å². The van der Waals surface area contributed by atoms with Crippen LogP contribution in [0.3, 0.4) is 0 Å². The number of nitrogens with zero attached hydrogens (tertiary/aromatic N) is 4. The molecule has 3 rings (SSSR count). The first-order valence-corrected chi connectivity index (χ1v) is 7.60. The fourth-order valence-corrected chi connectivity index (χ4v) is 3.11. The Kier molecular flexibility index (Phi) is 4.11. The lowest BCUT2D eigenvalue weighted by atomic mass is 10.1. The van der Waals surface area contributed by atoms with Crippen molar-refractivity contribution in [3.05, 3.63) is 69.8 Å². The molecule has 2 aromatic carbocycles. The molecular formula is C17H8N4O2S. The average molecular weight is 332 g/mol. The van der Waals surface area contributed by atoms with Gasteiger partial charge in [0.25, 0.3) is 5.69 Å². The van der Waals surface area contributed by atoms with Gasteiger partial charge in [-0.1, -0.05) is 36.0 Å². The van der Waals surface area contributed by atoms with E-state index in [1.54, 1.807) is 12.1 Å². The van der Waals surface area contributed by atoms with Crippen molar-refractivity contribution < 1.29 is 4.92 Å². The van der Waals surface area contributed by atoms with E-state index in [9.17, 15) is 10.1 Å². The lowest BCUT2D eigenvalue weighted by Crippen LogP contribution is -1.95. The number of aromatic nitrogens is 1. The van der Waals surface area contributed by atoms with Gasteiger partial charge >= 0.3 is 0 Å². The third-order valence-corrected chi connectivity index (χ3v) is 4.31. The van der Waals surface area contributed by atoms with Gasteiger partial charge in [-0.3, -0.25) is 10.1 Å². The van der Waals surface area contributed by atoms with Crippen molar-refractivity contribution in [2.24, 2.45) is 0 Å². The van der Waals surface area contributed by atoms with Gasteiger partial charge in [0.1, 0.15) is 17.2 Å². The first-order valence-electron chi connectivity index (χ1n) is 6.78. The molecule has 0 aliphatic carbocycles. The Bertz CT molecular complexity index is 1050. The minimum Gasteiger partial charge on any atom is -0.258 e. The summed E-state index contributed by atoms with van der Waals surface area (Å²) in [4.78, 5) is 15.4. The second kappa shape index (κ2) is 6.37. The first-order chi connectivity index (χ1) is 11.6. The summed E-state index contributed by atoms with van der Waals surface area (Å²) in [5, 5.41) is 30.9. The van der Waals surface area contributed by atoms with Gasteiger partial charge in [-0.05, 0) is 18.2 Å². The number of benzene rings is 2. The van der Waals surface area contributed by atoms with Crippen molar-refractivity contribution in [1.29, 1.82) is 10.5 Å². The van der Waals surface area contributed by atoms with E-state index < -0.39 is 4.92 Å². The van der Waals surface area contributed by atoms with Crippen molar-refractivity contribution in [3.8, 4) is 12.1 Å². The molecule has 1 heterocycles. The summed E-state index contributed by atoms with van der Waals surface area (Å²) >= 11 is 1.09. The van der Waals surface area contributed by atoms with E-state index in [0.29, 0.717) is 5.03 Å². The van der Waals surface area contributed by atoms with E-state index in [1.165, 1.54) is 6.07 Å². The van der Waals surface area contributed by atoms with Crippen LogP contribution in [-0.2, 0) is 0 Å². The van der Waals surface area contributed by atoms with Crippen molar-refractivity contribution in [1.82, 2.24) is 4.98 Å². The summed E-state index contributed by atoms with van der Waals surface area (Å²) in [5.41, 5.74) is 0.649. The Morgan fingerprint density at radius 1 is 1.04 bits per heavy atom. The zero-order valence-corrected chi connectivity index (χ0v) is 12.9. The highest BCUT2D eigenvalue weighted by atomic mass is 32.2. The van der Waals surface area contributed by atoms with E-state index in [0.717, 1.165) is 28.7 Å². The lowest BCUT2D eigenvalue weighted by Gasteiger charge is -2.05. The number of hydrogen-bond donors (Lipinski definition) is 0. The molecule has 0 unspecified atom stereocenters. The molecule has 0 N–H and O–H groups in total. The molecule has 24 heavy (non-hydrogen) atoms. The Morgan fingerprint density at radius 2 is 1.75 bits per heavy atom. The number of rotatable bonds is 3. The number of fused-ring (bicyclic) bond motifs is 1. The third kappa shape index (κ3) is 2.89. The second-order valence-electron chi connectivity index (χ2n) is 4.79. The quantitative estimate of drug-likeness (QED) is 0.529. The number of hydrogen-bond acceptors (Lipinski definition) is 6. The molecule has 1 aromatic heterocycles. The molecule has 114 valence electrons. The molecule has 0 radical (unpaired) electrons. The molecule has 6 nitrogen and oxygen atoms in total. The summed E-state index contributed by atoms with van der Waals surface area (Å²) in [6.45, 7) is 0. The number of nitro groups is 1. The SMILES string of the molecule is N#Cc1cc(Sc2ccc3ccccc3n2)c([N+](=O)[O-])cc1C#N. The van der Waals surface area contributed by atoms with Gasteiger partial charge in [0.15, 0.2) is 0 Å². The van der Waals surface area contributed by atoms with Crippen LogP contribution in [0.15, 0.2) is 58.5 Å². The van der Waals surface area contributed by atoms with Gasteiger partial charge in [-0.15, -0.1) is 0 Å². The van der Waals surface area contributed by atoms with Crippen LogP contribution in [0, 0.1) is 32.8 Å². The van der Waals surface area contributed by atoms with Gasteiger partial charge < -0.3 is 0 Å².